The van der Waals surface area contributed by atoms with Crippen molar-refractivity contribution in [2.75, 3.05) is 32.8 Å². The largest absolute Gasteiger partial charge is 0.356 e. The number of ether oxygens (including phenoxy) is 2. The van der Waals surface area contributed by atoms with E-state index >= 15 is 0 Å². The van der Waals surface area contributed by atoms with E-state index in [0.717, 1.165) is 67.5 Å². The number of rotatable bonds is 6. The molecular weight excluding hydrogens is 383 g/mol. The molecule has 2 aliphatic heterocycles. The van der Waals surface area contributed by atoms with Crippen LogP contribution in [-0.4, -0.2) is 42.9 Å². The summed E-state index contributed by atoms with van der Waals surface area (Å²) in [7, 11) is 0. The zero-order chi connectivity index (χ0) is 20.4. The molecule has 6 heteroatoms. The van der Waals surface area contributed by atoms with Gasteiger partial charge in [0.05, 0.1) is 18.9 Å². The summed E-state index contributed by atoms with van der Waals surface area (Å²) in [4.78, 5) is 2.51. The Morgan fingerprint density at radius 2 is 1.73 bits per heavy atom. The van der Waals surface area contributed by atoms with Gasteiger partial charge in [-0.2, -0.15) is 0 Å². The van der Waals surface area contributed by atoms with Crippen molar-refractivity contribution >= 4 is 11.0 Å². The first-order chi connectivity index (χ1) is 14.7. The minimum atomic E-state index is -0.731. The first kappa shape index (κ1) is 19.7. The van der Waals surface area contributed by atoms with Gasteiger partial charge in [0, 0.05) is 23.3 Å². The van der Waals surface area contributed by atoms with Crippen LogP contribution >= 0.6 is 0 Å². The van der Waals surface area contributed by atoms with Gasteiger partial charge in [-0.05, 0) is 63.2 Å². The van der Waals surface area contributed by atoms with Crippen LogP contribution in [0.25, 0.3) is 11.0 Å². The predicted octanol–water partition coefficient (Wildman–Crippen LogP) is 4.83. The van der Waals surface area contributed by atoms with Crippen molar-refractivity contribution in [3.05, 3.63) is 65.6 Å². The Bertz CT molecular complexity index is 974. The molecule has 2 aliphatic rings. The highest BCUT2D eigenvalue weighted by molar-refractivity contribution is 5.79. The maximum absolute atomic E-state index is 13.3. The van der Waals surface area contributed by atoms with Crippen LogP contribution < -0.4 is 0 Å². The lowest BCUT2D eigenvalue weighted by atomic mass is 9.91. The maximum atomic E-state index is 13.3. The molecule has 5 nitrogen and oxygen atoms in total. The van der Waals surface area contributed by atoms with Crippen molar-refractivity contribution in [1.29, 1.82) is 0 Å². The van der Waals surface area contributed by atoms with Crippen molar-refractivity contribution in [3.8, 4) is 0 Å². The zero-order valence-electron chi connectivity index (χ0n) is 17.1. The standard InChI is InChI=1S/C24H27FN2O3/c25-20-8-6-19(7-9-20)24(28-16-17-29-24)12-3-13-27-14-10-18(11-15-27)23-21-4-1-2-5-22(21)30-26-23/h1-2,4-9,18H,3,10-17H2. The Kier molecular flexibility index (Phi) is 5.54. The van der Waals surface area contributed by atoms with E-state index in [-0.39, 0.29) is 5.82 Å². The van der Waals surface area contributed by atoms with Gasteiger partial charge in [0.15, 0.2) is 11.4 Å². The van der Waals surface area contributed by atoms with Gasteiger partial charge in [-0.3, -0.25) is 0 Å². The molecule has 2 saturated heterocycles. The van der Waals surface area contributed by atoms with Crippen LogP contribution in [0.2, 0.25) is 0 Å². The fourth-order valence-electron chi connectivity index (χ4n) is 4.78. The number of fused-ring (bicyclic) bond motifs is 1. The highest BCUT2D eigenvalue weighted by atomic mass is 19.1. The molecule has 0 bridgehead atoms. The van der Waals surface area contributed by atoms with E-state index in [0.29, 0.717) is 19.1 Å². The molecule has 0 N–H and O–H groups in total. The highest BCUT2D eigenvalue weighted by Crippen LogP contribution is 2.37. The fraction of sp³-hybridized carbons (Fsp3) is 0.458. The number of halogens is 1. The number of para-hydroxylation sites is 1. The minimum absolute atomic E-state index is 0.241. The number of hydrogen-bond acceptors (Lipinski definition) is 5. The molecule has 2 fully saturated rings. The van der Waals surface area contributed by atoms with Crippen LogP contribution in [0.5, 0.6) is 0 Å². The third-order valence-corrected chi connectivity index (χ3v) is 6.40. The van der Waals surface area contributed by atoms with Gasteiger partial charge in [-0.1, -0.05) is 29.4 Å². The third-order valence-electron chi connectivity index (χ3n) is 6.40. The van der Waals surface area contributed by atoms with Gasteiger partial charge in [-0.25, -0.2) is 4.39 Å². The quantitative estimate of drug-likeness (QED) is 0.583. The Hall–Kier alpha value is -2.28. The lowest BCUT2D eigenvalue weighted by Crippen LogP contribution is -2.35. The molecular formula is C24H27FN2O3. The second-order valence-corrected chi connectivity index (χ2v) is 8.24. The Balaban J connectivity index is 1.16. The highest BCUT2D eigenvalue weighted by Gasteiger charge is 2.38. The second kappa shape index (κ2) is 8.46. The lowest BCUT2D eigenvalue weighted by molar-refractivity contribution is -0.172. The number of piperidine rings is 1. The lowest BCUT2D eigenvalue weighted by Gasteiger charge is -2.33. The molecule has 3 heterocycles. The minimum Gasteiger partial charge on any atom is -0.356 e. The normalized spacial score (nSPS) is 20.2. The Morgan fingerprint density at radius 1 is 1.00 bits per heavy atom. The second-order valence-electron chi connectivity index (χ2n) is 8.24. The summed E-state index contributed by atoms with van der Waals surface area (Å²) < 4.78 is 30.8. The molecule has 5 rings (SSSR count). The van der Waals surface area contributed by atoms with Gasteiger partial charge in [-0.15, -0.1) is 0 Å². The van der Waals surface area contributed by atoms with Crippen LogP contribution in [0, 0.1) is 5.82 Å². The number of aromatic nitrogens is 1. The zero-order valence-corrected chi connectivity index (χ0v) is 17.1. The van der Waals surface area contributed by atoms with Crippen molar-refractivity contribution < 1.29 is 18.4 Å². The summed E-state index contributed by atoms with van der Waals surface area (Å²) in [6, 6.07) is 14.6. The topological polar surface area (TPSA) is 47.7 Å². The van der Waals surface area contributed by atoms with E-state index < -0.39 is 5.79 Å². The van der Waals surface area contributed by atoms with E-state index in [9.17, 15) is 4.39 Å². The first-order valence-corrected chi connectivity index (χ1v) is 10.8. The fourth-order valence-corrected chi connectivity index (χ4v) is 4.78. The van der Waals surface area contributed by atoms with Crippen LogP contribution in [0.3, 0.4) is 0 Å². The molecule has 0 saturated carbocycles. The molecule has 0 radical (unpaired) electrons. The van der Waals surface area contributed by atoms with Crippen LogP contribution in [0.15, 0.2) is 53.1 Å². The van der Waals surface area contributed by atoms with Crippen molar-refractivity contribution in [3.63, 3.8) is 0 Å². The van der Waals surface area contributed by atoms with E-state index in [4.69, 9.17) is 14.0 Å². The maximum Gasteiger partial charge on any atom is 0.195 e. The summed E-state index contributed by atoms with van der Waals surface area (Å²) in [5.41, 5.74) is 2.88. The summed E-state index contributed by atoms with van der Waals surface area (Å²) in [6.07, 6.45) is 3.92. The molecule has 3 aromatic rings. The SMILES string of the molecule is Fc1ccc(C2(CCCN3CCC(c4noc5ccccc45)CC3)OCCO2)cc1. The average Bonchev–Trinajstić information content (AvgIpc) is 3.43. The third kappa shape index (κ3) is 3.87. The van der Waals surface area contributed by atoms with Gasteiger partial charge in [0.25, 0.3) is 0 Å². The summed E-state index contributed by atoms with van der Waals surface area (Å²) >= 11 is 0. The van der Waals surface area contributed by atoms with E-state index in [1.54, 1.807) is 12.1 Å². The number of nitrogens with zero attached hydrogens (tertiary/aromatic N) is 2. The number of hydrogen-bond donors (Lipinski definition) is 0. The molecule has 2 aromatic carbocycles. The Morgan fingerprint density at radius 3 is 2.50 bits per heavy atom. The number of benzene rings is 2. The van der Waals surface area contributed by atoms with E-state index in [1.807, 2.05) is 18.2 Å². The van der Waals surface area contributed by atoms with Crippen molar-refractivity contribution in [1.82, 2.24) is 10.1 Å². The van der Waals surface area contributed by atoms with Crippen LogP contribution in [0.4, 0.5) is 4.39 Å². The molecule has 0 unspecified atom stereocenters. The average molecular weight is 410 g/mol. The molecule has 30 heavy (non-hydrogen) atoms. The van der Waals surface area contributed by atoms with Crippen molar-refractivity contribution in [2.45, 2.75) is 37.4 Å². The molecule has 1 aromatic heterocycles. The smallest absolute Gasteiger partial charge is 0.195 e. The van der Waals surface area contributed by atoms with Gasteiger partial charge >= 0.3 is 0 Å². The molecule has 0 atom stereocenters. The molecule has 0 amide bonds. The predicted molar refractivity (Wildman–Crippen MR) is 112 cm³/mol. The Labute approximate surface area is 175 Å². The van der Waals surface area contributed by atoms with Gasteiger partial charge < -0.3 is 18.9 Å². The van der Waals surface area contributed by atoms with Gasteiger partial charge in [0.2, 0.25) is 0 Å². The summed E-state index contributed by atoms with van der Waals surface area (Å²) in [5, 5.41) is 5.50. The summed E-state index contributed by atoms with van der Waals surface area (Å²) in [5.74, 6) is -0.516. The van der Waals surface area contributed by atoms with E-state index in [1.165, 1.54) is 12.1 Å². The summed E-state index contributed by atoms with van der Waals surface area (Å²) in [6.45, 7) is 4.26. The number of likely N-dealkylation sites (tertiary alicyclic amines) is 1. The molecule has 0 aliphatic carbocycles. The van der Waals surface area contributed by atoms with Crippen LogP contribution in [-0.2, 0) is 15.3 Å². The molecule has 158 valence electrons. The molecule has 0 spiro atoms. The first-order valence-electron chi connectivity index (χ1n) is 10.8. The van der Waals surface area contributed by atoms with E-state index in [2.05, 4.69) is 16.1 Å². The van der Waals surface area contributed by atoms with Crippen LogP contribution in [0.1, 0.15) is 42.9 Å². The van der Waals surface area contributed by atoms with Crippen molar-refractivity contribution in [2.24, 2.45) is 0 Å². The monoisotopic (exact) mass is 410 g/mol. The van der Waals surface area contributed by atoms with Gasteiger partial charge in [0.1, 0.15) is 5.82 Å².